The number of anilines is 1. The van der Waals surface area contributed by atoms with Crippen LogP contribution < -0.4 is 10.8 Å². The number of nitrogens with zero attached hydrogens (tertiary/aromatic N) is 2. The maximum absolute atomic E-state index is 14.1. The van der Waals surface area contributed by atoms with E-state index in [-0.39, 0.29) is 12.4 Å². The molecule has 10 heteroatoms. The van der Waals surface area contributed by atoms with Crippen LogP contribution in [0.4, 0.5) is 14.9 Å². The Morgan fingerprint density at radius 1 is 1.15 bits per heavy atom. The highest BCUT2D eigenvalue weighted by atomic mass is 31.0. The van der Waals surface area contributed by atoms with Crippen LogP contribution in [0, 0.1) is 18.7 Å². The van der Waals surface area contributed by atoms with Crippen LogP contribution in [0.1, 0.15) is 35.6 Å². The molecule has 1 heterocycles. The van der Waals surface area contributed by atoms with Crippen molar-refractivity contribution in [2.45, 2.75) is 31.6 Å². The Kier molecular flexibility index (Phi) is 9.36. The van der Waals surface area contributed by atoms with E-state index in [0.717, 1.165) is 21.6 Å². The van der Waals surface area contributed by atoms with Crippen LogP contribution in [0.2, 0.25) is 0 Å². The fourth-order valence-electron chi connectivity index (χ4n) is 4.54. The fourth-order valence-corrected chi connectivity index (χ4v) is 4.90. The Morgan fingerprint density at radius 3 is 2.41 bits per heavy atom. The van der Waals surface area contributed by atoms with Crippen molar-refractivity contribution in [3.05, 3.63) is 95.3 Å². The molecule has 1 N–H and O–H groups in total. The fraction of sp³-hybridized carbons (Fsp3) is 0.276. The predicted molar refractivity (Wildman–Crippen MR) is 154 cm³/mol. The molecule has 7 nitrogen and oxygen atoms in total. The van der Waals surface area contributed by atoms with Crippen LogP contribution in [0.15, 0.2) is 78.0 Å². The van der Waals surface area contributed by atoms with Crippen LogP contribution in [0.3, 0.4) is 0 Å². The number of cyclic esters (lactones) is 1. The van der Waals surface area contributed by atoms with Gasteiger partial charge in [0.2, 0.25) is 5.91 Å². The molecule has 4 atom stereocenters. The van der Waals surface area contributed by atoms with Gasteiger partial charge in [0.1, 0.15) is 27.4 Å². The maximum atomic E-state index is 14.1. The molecule has 1 saturated heterocycles. The standard InChI is InChI=1S/C29H30BFN3O4P/c1-18-3-5-19(6-4-18)25(33-37-2)16-15-24(28(35)34-26(39)17-38-29(34)36)27(20-7-9-21(30)10-8-20)32-23-13-11-22(31)12-14-23/h3-14,24,26-27,32H,15-17,39H2,1-2H3/b33-25-/t24?,26-,27?/m0/s1. The third-order valence-corrected chi connectivity index (χ3v) is 7.09. The Labute approximate surface area is 231 Å². The second kappa shape index (κ2) is 12.9. The number of amides is 2. The Bertz CT molecular complexity index is 1320. The van der Waals surface area contributed by atoms with Crippen LogP contribution in [0.25, 0.3) is 0 Å². The van der Waals surface area contributed by atoms with Gasteiger partial charge in [0.05, 0.1) is 23.5 Å². The first kappa shape index (κ1) is 28.3. The van der Waals surface area contributed by atoms with Gasteiger partial charge in [-0.25, -0.2) is 14.1 Å². The summed E-state index contributed by atoms with van der Waals surface area (Å²) in [6, 6.07) is 20.4. The Hall–Kier alpha value is -3.71. The van der Waals surface area contributed by atoms with Crippen molar-refractivity contribution in [3.63, 3.8) is 0 Å². The lowest BCUT2D eigenvalue weighted by molar-refractivity contribution is -0.133. The first-order valence-corrected chi connectivity index (χ1v) is 13.2. The number of nitrogens with one attached hydrogen (secondary N) is 1. The molecule has 0 bridgehead atoms. The van der Waals surface area contributed by atoms with Crippen molar-refractivity contribution in [1.29, 1.82) is 0 Å². The molecular weight excluding hydrogens is 515 g/mol. The molecule has 0 aromatic heterocycles. The quantitative estimate of drug-likeness (QED) is 0.173. The van der Waals surface area contributed by atoms with Gasteiger partial charge in [-0.05, 0) is 55.2 Å². The van der Waals surface area contributed by atoms with Crippen molar-refractivity contribution in [2.75, 3.05) is 19.0 Å². The third kappa shape index (κ3) is 7.04. The number of hydrogen-bond donors (Lipinski definition) is 1. The van der Waals surface area contributed by atoms with Crippen molar-refractivity contribution >= 4 is 45.9 Å². The molecule has 1 aliphatic rings. The summed E-state index contributed by atoms with van der Waals surface area (Å²) in [5, 5.41) is 7.63. The van der Waals surface area contributed by atoms with E-state index in [2.05, 4.69) is 19.7 Å². The van der Waals surface area contributed by atoms with Crippen LogP contribution >= 0.6 is 9.24 Å². The molecule has 3 unspecified atom stereocenters. The van der Waals surface area contributed by atoms with Gasteiger partial charge in [0.15, 0.2) is 0 Å². The van der Waals surface area contributed by atoms with E-state index in [1.165, 1.54) is 19.2 Å². The maximum Gasteiger partial charge on any atom is 0.417 e. The first-order valence-electron chi connectivity index (χ1n) is 12.6. The van der Waals surface area contributed by atoms with Gasteiger partial charge in [-0.1, -0.05) is 64.7 Å². The number of rotatable bonds is 10. The number of hydrogen-bond acceptors (Lipinski definition) is 6. The molecule has 2 radical (unpaired) electrons. The summed E-state index contributed by atoms with van der Waals surface area (Å²) < 4.78 is 18.8. The van der Waals surface area contributed by atoms with Crippen molar-refractivity contribution < 1.29 is 23.6 Å². The zero-order valence-electron chi connectivity index (χ0n) is 21.8. The molecule has 0 aliphatic carbocycles. The lowest BCUT2D eigenvalue weighted by atomic mass is 9.84. The van der Waals surface area contributed by atoms with Crippen LogP contribution in [0.5, 0.6) is 0 Å². The number of aryl methyl sites for hydroxylation is 1. The lowest BCUT2D eigenvalue weighted by Crippen LogP contribution is -2.43. The van der Waals surface area contributed by atoms with E-state index in [4.69, 9.17) is 17.4 Å². The topological polar surface area (TPSA) is 80.2 Å². The van der Waals surface area contributed by atoms with Crippen LogP contribution in [-0.4, -0.2) is 50.0 Å². The van der Waals surface area contributed by atoms with Gasteiger partial charge in [-0.15, -0.1) is 9.24 Å². The van der Waals surface area contributed by atoms with Crippen molar-refractivity contribution in [2.24, 2.45) is 11.1 Å². The zero-order valence-corrected chi connectivity index (χ0v) is 23.0. The molecule has 3 aromatic rings. The SMILES string of the molecule is [B]c1ccc(C(Nc2ccc(F)cc2)C(CC/C(=N/OC)c2ccc(C)cc2)C(=O)N2C(=O)OC[C@@H]2P)cc1. The number of halogens is 1. The minimum atomic E-state index is -0.736. The number of benzene rings is 3. The molecule has 3 aromatic carbocycles. The molecule has 0 spiro atoms. The molecule has 0 saturated carbocycles. The molecular formula is C29H30BFN3O4P. The van der Waals surface area contributed by atoms with Gasteiger partial charge in [-0.2, -0.15) is 0 Å². The minimum absolute atomic E-state index is 0.0969. The summed E-state index contributed by atoms with van der Waals surface area (Å²) in [6.45, 7) is 2.10. The minimum Gasteiger partial charge on any atom is -0.447 e. The van der Waals surface area contributed by atoms with Gasteiger partial charge < -0.3 is 14.9 Å². The second-order valence-corrected chi connectivity index (χ2v) is 10.1. The van der Waals surface area contributed by atoms with E-state index in [1.54, 1.807) is 24.3 Å². The normalized spacial score (nSPS) is 16.9. The number of oxime groups is 1. The molecule has 39 heavy (non-hydrogen) atoms. The largest absolute Gasteiger partial charge is 0.447 e. The highest BCUT2D eigenvalue weighted by molar-refractivity contribution is 7.17. The summed E-state index contributed by atoms with van der Waals surface area (Å²) in [5.41, 5.74) is 4.61. The number of carbonyl (C=O) groups is 2. The first-order chi connectivity index (χ1) is 18.8. The molecule has 4 rings (SSSR count). The summed E-state index contributed by atoms with van der Waals surface area (Å²) >= 11 is 0. The van der Waals surface area contributed by atoms with E-state index < -0.39 is 29.7 Å². The Balaban J connectivity index is 1.73. The molecule has 2 amide bonds. The highest BCUT2D eigenvalue weighted by Crippen LogP contribution is 2.34. The van der Waals surface area contributed by atoms with E-state index in [1.807, 2.05) is 43.3 Å². The third-order valence-electron chi connectivity index (χ3n) is 6.60. The summed E-state index contributed by atoms with van der Waals surface area (Å²) in [5.74, 6) is -1.99. The average Bonchev–Trinajstić information content (AvgIpc) is 3.27. The molecule has 1 fully saturated rings. The van der Waals surface area contributed by atoms with Crippen molar-refractivity contribution in [3.8, 4) is 0 Å². The number of ether oxygens (including phenoxy) is 1. The summed E-state index contributed by atoms with van der Waals surface area (Å²) in [6.07, 6.45) is 0.0142. The van der Waals surface area contributed by atoms with E-state index >= 15 is 0 Å². The Morgan fingerprint density at radius 2 is 1.82 bits per heavy atom. The van der Waals surface area contributed by atoms with Gasteiger partial charge in [0, 0.05) is 5.69 Å². The average molecular weight is 545 g/mol. The van der Waals surface area contributed by atoms with E-state index in [9.17, 15) is 14.0 Å². The smallest absolute Gasteiger partial charge is 0.417 e. The number of imide groups is 1. The molecule has 1 aliphatic heterocycles. The van der Waals surface area contributed by atoms with Gasteiger partial charge in [-0.3, -0.25) is 4.79 Å². The number of carbonyl (C=O) groups excluding carboxylic acids is 2. The van der Waals surface area contributed by atoms with Gasteiger partial charge in [0.25, 0.3) is 0 Å². The van der Waals surface area contributed by atoms with E-state index in [0.29, 0.717) is 29.7 Å². The monoisotopic (exact) mass is 545 g/mol. The molecule has 200 valence electrons. The lowest BCUT2D eigenvalue weighted by Gasteiger charge is -2.31. The predicted octanol–water partition coefficient (Wildman–Crippen LogP) is 4.71. The summed E-state index contributed by atoms with van der Waals surface area (Å²) in [7, 11) is 9.91. The summed E-state index contributed by atoms with van der Waals surface area (Å²) in [4.78, 5) is 32.9. The second-order valence-electron chi connectivity index (χ2n) is 9.38. The zero-order chi connectivity index (χ0) is 27.9. The van der Waals surface area contributed by atoms with Gasteiger partial charge >= 0.3 is 6.09 Å². The van der Waals surface area contributed by atoms with Crippen LogP contribution in [-0.2, 0) is 14.4 Å². The highest BCUT2D eigenvalue weighted by Gasteiger charge is 2.42. The van der Waals surface area contributed by atoms with Crippen molar-refractivity contribution in [1.82, 2.24) is 4.90 Å².